The lowest BCUT2D eigenvalue weighted by atomic mass is 9.89. The highest BCUT2D eigenvalue weighted by molar-refractivity contribution is 7.92. The Bertz CT molecular complexity index is 1450. The van der Waals surface area contributed by atoms with Gasteiger partial charge in [0.1, 0.15) is 5.92 Å². The molecule has 0 aliphatic carbocycles. The maximum atomic E-state index is 13.1. The highest BCUT2D eigenvalue weighted by Gasteiger charge is 2.35. The molecule has 35 heavy (non-hydrogen) atoms. The molecule has 0 radical (unpaired) electrons. The van der Waals surface area contributed by atoms with Gasteiger partial charge in [-0.1, -0.05) is 35.9 Å². The van der Waals surface area contributed by atoms with E-state index in [1.165, 1.54) is 7.05 Å². The van der Waals surface area contributed by atoms with Crippen molar-refractivity contribution in [2.45, 2.75) is 12.3 Å². The molecule has 1 atom stereocenters. The molecular formula is C25H22ClN3O5S. The topological polar surface area (TPSA) is 116 Å². The van der Waals surface area contributed by atoms with Crippen LogP contribution >= 0.6 is 11.6 Å². The smallest absolute Gasteiger partial charge is 0.307 e. The molecule has 0 saturated carbocycles. The second-order valence-electron chi connectivity index (χ2n) is 8.17. The second-order valence-corrected chi connectivity index (χ2v) is 10.6. The van der Waals surface area contributed by atoms with Crippen LogP contribution in [0.3, 0.4) is 0 Å². The second kappa shape index (κ2) is 9.52. The van der Waals surface area contributed by atoms with E-state index in [9.17, 15) is 23.1 Å². The van der Waals surface area contributed by atoms with Crippen LogP contribution in [0.1, 0.15) is 22.6 Å². The molecule has 0 fully saturated rings. The summed E-state index contributed by atoms with van der Waals surface area (Å²) >= 11 is 6.10. The minimum Gasteiger partial charge on any atom is -0.481 e. The molecule has 2 N–H and O–H groups in total. The zero-order valence-corrected chi connectivity index (χ0v) is 20.5. The lowest BCUT2D eigenvalue weighted by Crippen LogP contribution is -2.24. The van der Waals surface area contributed by atoms with Gasteiger partial charge in [0.2, 0.25) is 15.9 Å². The number of aliphatic imine (C=N–C) groups is 1. The van der Waals surface area contributed by atoms with Gasteiger partial charge in [-0.2, -0.15) is 0 Å². The number of fused-ring (bicyclic) bond motifs is 1. The summed E-state index contributed by atoms with van der Waals surface area (Å²) in [6.45, 7) is 0. The molecule has 1 heterocycles. The molecule has 1 aliphatic rings. The molecule has 1 aliphatic heterocycles. The third-order valence-corrected chi connectivity index (χ3v) is 7.10. The van der Waals surface area contributed by atoms with Crippen molar-refractivity contribution in [3.63, 3.8) is 0 Å². The molecule has 0 saturated heterocycles. The summed E-state index contributed by atoms with van der Waals surface area (Å²) in [7, 11) is -1.96. The van der Waals surface area contributed by atoms with E-state index >= 15 is 0 Å². The lowest BCUT2D eigenvalue weighted by Gasteiger charge is -2.17. The van der Waals surface area contributed by atoms with Gasteiger partial charge in [-0.05, 0) is 59.2 Å². The van der Waals surface area contributed by atoms with Gasteiger partial charge < -0.3 is 10.4 Å². The van der Waals surface area contributed by atoms with E-state index in [1.54, 1.807) is 66.7 Å². The van der Waals surface area contributed by atoms with Gasteiger partial charge in [0.15, 0.2) is 0 Å². The van der Waals surface area contributed by atoms with Crippen LogP contribution in [0.25, 0.3) is 0 Å². The number of nitrogens with zero attached hydrogens (tertiary/aromatic N) is 2. The number of hydrogen-bond donors (Lipinski definition) is 2. The van der Waals surface area contributed by atoms with Crippen LogP contribution in [0, 0.1) is 0 Å². The van der Waals surface area contributed by atoms with Gasteiger partial charge in [-0.25, -0.2) is 8.42 Å². The normalized spacial score (nSPS) is 15.5. The number of aliphatic carboxylic acids is 1. The number of carbonyl (C=O) groups excluding carboxylic acids is 1. The van der Waals surface area contributed by atoms with Gasteiger partial charge in [0.05, 0.1) is 29.8 Å². The number of benzene rings is 3. The Morgan fingerprint density at radius 2 is 1.83 bits per heavy atom. The number of hydrogen-bond acceptors (Lipinski definition) is 5. The molecule has 3 aromatic rings. The average Bonchev–Trinajstić information content (AvgIpc) is 3.11. The first kappa shape index (κ1) is 24.4. The number of nitrogens with one attached hydrogen (secondary N) is 1. The van der Waals surface area contributed by atoms with E-state index in [0.29, 0.717) is 44.5 Å². The Hall–Kier alpha value is -3.69. The van der Waals surface area contributed by atoms with E-state index in [1.807, 2.05) is 0 Å². The molecule has 0 aromatic heterocycles. The number of carboxylic acid groups (broad SMARTS) is 1. The highest BCUT2D eigenvalue weighted by Crippen LogP contribution is 2.38. The van der Waals surface area contributed by atoms with Crippen molar-refractivity contribution in [1.29, 1.82) is 0 Å². The maximum absolute atomic E-state index is 13.1. The Morgan fingerprint density at radius 1 is 1.11 bits per heavy atom. The summed E-state index contributed by atoms with van der Waals surface area (Å²) in [4.78, 5) is 29.1. The van der Waals surface area contributed by atoms with Gasteiger partial charge in [0, 0.05) is 17.8 Å². The molecular weight excluding hydrogens is 490 g/mol. The van der Waals surface area contributed by atoms with Crippen LogP contribution in [-0.2, 0) is 26.0 Å². The molecule has 4 rings (SSSR count). The molecule has 10 heteroatoms. The van der Waals surface area contributed by atoms with Gasteiger partial charge in [-0.15, -0.1) is 0 Å². The number of anilines is 2. The van der Waals surface area contributed by atoms with E-state index in [0.717, 1.165) is 10.6 Å². The van der Waals surface area contributed by atoms with Crippen molar-refractivity contribution in [2.75, 3.05) is 22.9 Å². The third-order valence-electron chi connectivity index (χ3n) is 5.66. The molecule has 1 unspecified atom stereocenters. The number of rotatable bonds is 7. The first-order chi connectivity index (χ1) is 16.5. The van der Waals surface area contributed by atoms with Crippen LogP contribution in [0.5, 0.6) is 0 Å². The quantitative estimate of drug-likeness (QED) is 0.461. The summed E-state index contributed by atoms with van der Waals surface area (Å²) in [5.41, 5.74) is 3.87. The van der Waals surface area contributed by atoms with E-state index in [2.05, 4.69) is 5.32 Å². The molecule has 3 aromatic carbocycles. The largest absolute Gasteiger partial charge is 0.481 e. The summed E-state index contributed by atoms with van der Waals surface area (Å²) < 4.78 is 24.8. The number of halogens is 1. The lowest BCUT2D eigenvalue weighted by molar-refractivity contribution is -0.136. The van der Waals surface area contributed by atoms with E-state index < -0.39 is 21.9 Å². The van der Waals surface area contributed by atoms with Crippen molar-refractivity contribution >= 4 is 56.3 Å². The minimum absolute atomic E-state index is 0.170. The number of sulfonamides is 1. The summed E-state index contributed by atoms with van der Waals surface area (Å²) in [5, 5.41) is 12.5. The molecule has 1 amide bonds. The number of carboxylic acids is 1. The van der Waals surface area contributed by atoms with Gasteiger partial charge in [-0.3, -0.25) is 18.9 Å². The first-order valence-corrected chi connectivity index (χ1v) is 12.8. The van der Waals surface area contributed by atoms with Crippen LogP contribution in [-0.4, -0.2) is 44.4 Å². The Balaban J connectivity index is 1.83. The fraction of sp³-hybridized carbons (Fsp3) is 0.160. The first-order valence-electron chi connectivity index (χ1n) is 10.6. The Labute approximate surface area is 207 Å². The molecule has 8 nitrogen and oxygen atoms in total. The van der Waals surface area contributed by atoms with Gasteiger partial charge in [0.25, 0.3) is 0 Å². The third kappa shape index (κ3) is 5.36. The number of amides is 1. The summed E-state index contributed by atoms with van der Waals surface area (Å²) in [6, 6.07) is 18.6. The molecule has 0 spiro atoms. The van der Waals surface area contributed by atoms with Crippen molar-refractivity contribution in [1.82, 2.24) is 0 Å². The van der Waals surface area contributed by atoms with E-state index in [4.69, 9.17) is 16.6 Å². The summed E-state index contributed by atoms with van der Waals surface area (Å²) in [5.74, 6) is -2.00. The van der Waals surface area contributed by atoms with Crippen LogP contribution in [0.2, 0.25) is 5.02 Å². The maximum Gasteiger partial charge on any atom is 0.307 e. The highest BCUT2D eigenvalue weighted by atomic mass is 35.5. The minimum atomic E-state index is -3.42. The van der Waals surface area contributed by atoms with Crippen molar-refractivity contribution in [2.24, 2.45) is 4.99 Å². The fourth-order valence-electron chi connectivity index (χ4n) is 3.88. The van der Waals surface area contributed by atoms with Crippen LogP contribution < -0.4 is 9.62 Å². The Morgan fingerprint density at radius 3 is 2.49 bits per heavy atom. The number of carbonyl (C=O) groups is 2. The fourth-order valence-corrected chi connectivity index (χ4v) is 4.56. The molecule has 180 valence electrons. The standard InChI is InChI=1S/C25H22ClN3O5S/c1-29(35(2,33)34)19-9-7-18(8-10-19)27-24(16-5-3-4-15(12-16)13-22(30)31)23-20-11-6-17(26)14-21(20)28-25(23)32/h3-12,14,23H,13H2,1-2H3,(H,28,32)(H,30,31). The average molecular weight is 512 g/mol. The van der Waals surface area contributed by atoms with Gasteiger partial charge >= 0.3 is 5.97 Å². The van der Waals surface area contributed by atoms with Crippen LogP contribution in [0.4, 0.5) is 17.1 Å². The molecule has 0 bridgehead atoms. The zero-order chi connectivity index (χ0) is 25.3. The van der Waals surface area contributed by atoms with Crippen LogP contribution in [0.15, 0.2) is 71.7 Å². The summed E-state index contributed by atoms with van der Waals surface area (Å²) in [6.07, 6.45) is 0.945. The Kier molecular flexibility index (Phi) is 6.64. The predicted octanol–water partition coefficient (Wildman–Crippen LogP) is 4.22. The predicted molar refractivity (Wildman–Crippen MR) is 136 cm³/mol. The van der Waals surface area contributed by atoms with Crippen molar-refractivity contribution in [3.8, 4) is 0 Å². The SMILES string of the molecule is CN(c1ccc(N=C(c2cccc(CC(=O)O)c2)C2C(=O)Nc3cc(Cl)ccc32)cc1)S(C)(=O)=O. The van der Waals surface area contributed by atoms with E-state index in [-0.39, 0.29) is 12.3 Å². The monoisotopic (exact) mass is 511 g/mol. The van der Waals surface area contributed by atoms with Crippen molar-refractivity contribution in [3.05, 3.63) is 88.4 Å². The zero-order valence-electron chi connectivity index (χ0n) is 18.9. The van der Waals surface area contributed by atoms with Crippen molar-refractivity contribution < 1.29 is 23.1 Å².